The van der Waals surface area contributed by atoms with Gasteiger partial charge in [0, 0.05) is 17.1 Å². The highest BCUT2D eigenvalue weighted by Crippen LogP contribution is 2.30. The summed E-state index contributed by atoms with van der Waals surface area (Å²) in [4.78, 5) is 0. The maximum absolute atomic E-state index is 9.19. The van der Waals surface area contributed by atoms with Crippen LogP contribution in [0.1, 0.15) is 38.7 Å². The van der Waals surface area contributed by atoms with Crippen molar-refractivity contribution in [3.05, 3.63) is 28.2 Å². The third-order valence-corrected chi connectivity index (χ3v) is 4.30. The summed E-state index contributed by atoms with van der Waals surface area (Å²) in [7, 11) is 0. The summed E-state index contributed by atoms with van der Waals surface area (Å²) in [6.45, 7) is 5.09. The number of anilines is 1. The predicted octanol–water partition coefficient (Wildman–Crippen LogP) is 4.08. The maximum atomic E-state index is 9.19. The zero-order valence-electron chi connectivity index (χ0n) is 11.4. The van der Waals surface area contributed by atoms with Crippen LogP contribution in [-0.4, -0.2) is 18.2 Å². The number of nitrogens with zero attached hydrogens (tertiary/aromatic N) is 1. The van der Waals surface area contributed by atoms with E-state index in [1.54, 1.807) is 0 Å². The SMILES string of the molecule is CCC1(C)CC(Nc2ccc(Br)cc2C#N)CCO1. The smallest absolute Gasteiger partial charge is 0.101 e. The molecule has 2 atom stereocenters. The van der Waals surface area contributed by atoms with Gasteiger partial charge < -0.3 is 10.1 Å². The summed E-state index contributed by atoms with van der Waals surface area (Å²) in [5.41, 5.74) is 1.55. The number of nitrogens with one attached hydrogen (secondary N) is 1. The first kappa shape index (κ1) is 14.4. The molecule has 3 nitrogen and oxygen atoms in total. The van der Waals surface area contributed by atoms with Crippen molar-refractivity contribution in [1.82, 2.24) is 0 Å². The highest BCUT2D eigenvalue weighted by molar-refractivity contribution is 9.10. The van der Waals surface area contributed by atoms with Crippen LogP contribution in [0, 0.1) is 11.3 Å². The molecule has 1 fully saturated rings. The minimum absolute atomic E-state index is 0.0436. The first-order chi connectivity index (χ1) is 9.06. The van der Waals surface area contributed by atoms with Gasteiger partial charge >= 0.3 is 0 Å². The normalized spacial score (nSPS) is 26.7. The van der Waals surface area contributed by atoms with Crippen LogP contribution in [0.4, 0.5) is 5.69 Å². The molecule has 1 aliphatic rings. The lowest BCUT2D eigenvalue weighted by Crippen LogP contribution is -2.41. The van der Waals surface area contributed by atoms with Crippen LogP contribution in [0.3, 0.4) is 0 Å². The van der Waals surface area contributed by atoms with Gasteiger partial charge in [0.15, 0.2) is 0 Å². The van der Waals surface area contributed by atoms with Crippen molar-refractivity contribution in [1.29, 1.82) is 5.26 Å². The van der Waals surface area contributed by atoms with E-state index in [1.807, 2.05) is 18.2 Å². The molecule has 0 radical (unpaired) electrons. The topological polar surface area (TPSA) is 45.0 Å². The van der Waals surface area contributed by atoms with E-state index < -0.39 is 0 Å². The Morgan fingerprint density at radius 1 is 1.58 bits per heavy atom. The summed E-state index contributed by atoms with van der Waals surface area (Å²) < 4.78 is 6.78. The predicted molar refractivity (Wildman–Crippen MR) is 80.1 cm³/mol. The Labute approximate surface area is 123 Å². The summed E-state index contributed by atoms with van der Waals surface area (Å²) in [5.74, 6) is 0. The first-order valence-electron chi connectivity index (χ1n) is 6.66. The lowest BCUT2D eigenvalue weighted by molar-refractivity contribution is -0.0708. The number of rotatable bonds is 3. The zero-order chi connectivity index (χ0) is 13.9. The molecule has 1 N–H and O–H groups in total. The van der Waals surface area contributed by atoms with E-state index in [0.29, 0.717) is 11.6 Å². The van der Waals surface area contributed by atoms with Crippen LogP contribution in [0.5, 0.6) is 0 Å². The highest BCUT2D eigenvalue weighted by atomic mass is 79.9. The molecule has 1 aliphatic heterocycles. The molecule has 0 aromatic heterocycles. The average molecular weight is 323 g/mol. The molecule has 0 bridgehead atoms. The monoisotopic (exact) mass is 322 g/mol. The van der Waals surface area contributed by atoms with Gasteiger partial charge in [0.1, 0.15) is 6.07 Å². The molecule has 19 heavy (non-hydrogen) atoms. The number of halogens is 1. The van der Waals surface area contributed by atoms with E-state index in [1.165, 1.54) is 0 Å². The van der Waals surface area contributed by atoms with Crippen molar-refractivity contribution in [2.75, 3.05) is 11.9 Å². The molecule has 0 amide bonds. The molecule has 2 unspecified atom stereocenters. The van der Waals surface area contributed by atoms with Crippen LogP contribution in [0.2, 0.25) is 0 Å². The fourth-order valence-electron chi connectivity index (χ4n) is 2.45. The van der Waals surface area contributed by atoms with Gasteiger partial charge in [0.25, 0.3) is 0 Å². The molecule has 4 heteroatoms. The van der Waals surface area contributed by atoms with Crippen LogP contribution >= 0.6 is 15.9 Å². The zero-order valence-corrected chi connectivity index (χ0v) is 13.0. The number of ether oxygens (including phenoxy) is 1. The van der Waals surface area contributed by atoms with E-state index in [4.69, 9.17) is 4.74 Å². The van der Waals surface area contributed by atoms with E-state index in [0.717, 1.165) is 36.0 Å². The average Bonchev–Trinajstić information content (AvgIpc) is 2.41. The Morgan fingerprint density at radius 2 is 2.37 bits per heavy atom. The van der Waals surface area contributed by atoms with Gasteiger partial charge in [-0.15, -0.1) is 0 Å². The molecule has 1 heterocycles. The second-order valence-electron chi connectivity index (χ2n) is 5.29. The summed E-state index contributed by atoms with van der Waals surface area (Å²) >= 11 is 3.39. The molecular weight excluding hydrogens is 304 g/mol. The minimum atomic E-state index is -0.0436. The van der Waals surface area contributed by atoms with E-state index >= 15 is 0 Å². The molecule has 1 saturated heterocycles. The van der Waals surface area contributed by atoms with Crippen LogP contribution in [-0.2, 0) is 4.74 Å². The van der Waals surface area contributed by atoms with Gasteiger partial charge in [0.05, 0.1) is 16.9 Å². The third kappa shape index (κ3) is 3.49. The molecule has 0 spiro atoms. The first-order valence-corrected chi connectivity index (χ1v) is 7.46. The number of hydrogen-bond acceptors (Lipinski definition) is 3. The maximum Gasteiger partial charge on any atom is 0.101 e. The van der Waals surface area contributed by atoms with Crippen LogP contribution < -0.4 is 5.32 Å². The van der Waals surface area contributed by atoms with Crippen molar-refractivity contribution in [2.24, 2.45) is 0 Å². The van der Waals surface area contributed by atoms with Gasteiger partial charge in [-0.1, -0.05) is 22.9 Å². The molecular formula is C15H19BrN2O. The Bertz CT molecular complexity index is 497. The Hall–Kier alpha value is -1.05. The molecule has 0 saturated carbocycles. The van der Waals surface area contributed by atoms with E-state index in [9.17, 15) is 5.26 Å². The van der Waals surface area contributed by atoms with Crippen molar-refractivity contribution in [2.45, 2.75) is 44.8 Å². The standard InChI is InChI=1S/C15H19BrN2O/c1-3-15(2)9-13(6-7-19-15)18-14-5-4-12(16)8-11(14)10-17/h4-5,8,13,18H,3,6-7,9H2,1-2H3. The fraction of sp³-hybridized carbons (Fsp3) is 0.533. The minimum Gasteiger partial charge on any atom is -0.381 e. The van der Waals surface area contributed by atoms with Crippen LogP contribution in [0.15, 0.2) is 22.7 Å². The summed E-state index contributed by atoms with van der Waals surface area (Å²) in [5, 5.41) is 12.7. The van der Waals surface area contributed by atoms with Gasteiger partial charge in [-0.25, -0.2) is 0 Å². The van der Waals surface area contributed by atoms with Gasteiger partial charge in [-0.3, -0.25) is 0 Å². The largest absolute Gasteiger partial charge is 0.381 e. The van der Waals surface area contributed by atoms with Gasteiger partial charge in [-0.05, 0) is 44.4 Å². The lowest BCUT2D eigenvalue weighted by atomic mass is 9.89. The Morgan fingerprint density at radius 3 is 3.05 bits per heavy atom. The van der Waals surface area contributed by atoms with E-state index in [-0.39, 0.29) is 5.60 Å². The molecule has 0 aliphatic carbocycles. The van der Waals surface area contributed by atoms with Gasteiger partial charge in [-0.2, -0.15) is 5.26 Å². The quantitative estimate of drug-likeness (QED) is 0.911. The number of nitriles is 1. The highest BCUT2D eigenvalue weighted by Gasteiger charge is 2.31. The Kier molecular flexibility index (Phi) is 4.49. The molecule has 1 aromatic carbocycles. The third-order valence-electron chi connectivity index (χ3n) is 3.80. The molecule has 1 aromatic rings. The fourth-order valence-corrected chi connectivity index (χ4v) is 2.82. The summed E-state index contributed by atoms with van der Waals surface area (Å²) in [6.07, 6.45) is 2.97. The number of benzene rings is 1. The Balaban J connectivity index is 2.11. The van der Waals surface area contributed by atoms with Crippen molar-refractivity contribution in [3.8, 4) is 6.07 Å². The van der Waals surface area contributed by atoms with E-state index in [2.05, 4.69) is 41.2 Å². The lowest BCUT2D eigenvalue weighted by Gasteiger charge is -2.38. The molecule has 2 rings (SSSR count). The van der Waals surface area contributed by atoms with Crippen LogP contribution in [0.25, 0.3) is 0 Å². The second-order valence-corrected chi connectivity index (χ2v) is 6.20. The van der Waals surface area contributed by atoms with Crippen molar-refractivity contribution in [3.63, 3.8) is 0 Å². The molecule has 102 valence electrons. The van der Waals surface area contributed by atoms with Crippen molar-refractivity contribution >= 4 is 21.6 Å². The summed E-state index contributed by atoms with van der Waals surface area (Å²) in [6, 6.07) is 8.37. The van der Waals surface area contributed by atoms with Crippen molar-refractivity contribution < 1.29 is 4.74 Å². The second kappa shape index (κ2) is 5.94. The van der Waals surface area contributed by atoms with Gasteiger partial charge in [0.2, 0.25) is 0 Å². The number of hydrogen-bond donors (Lipinski definition) is 1.